The van der Waals surface area contributed by atoms with E-state index < -0.39 is 0 Å². The molecule has 1 atom stereocenters. The van der Waals surface area contributed by atoms with Crippen LogP contribution in [0.25, 0.3) is 0 Å². The Kier molecular flexibility index (Phi) is 10.2. The maximum absolute atomic E-state index is 11.9. The number of carbonyl (C=O) groups is 4. The van der Waals surface area contributed by atoms with Crippen LogP contribution in [0, 0.1) is 0 Å². The van der Waals surface area contributed by atoms with Crippen LogP contribution in [-0.2, 0) is 23.9 Å². The van der Waals surface area contributed by atoms with Crippen molar-refractivity contribution in [2.24, 2.45) is 0 Å². The highest BCUT2D eigenvalue weighted by Crippen LogP contribution is 2.22. The largest absolute Gasteiger partial charge is 0.378 e. The Morgan fingerprint density at radius 2 is 1.76 bits per heavy atom. The summed E-state index contributed by atoms with van der Waals surface area (Å²) in [4.78, 5) is 47.7. The van der Waals surface area contributed by atoms with Crippen LogP contribution >= 0.6 is 11.8 Å². The predicted octanol–water partition coefficient (Wildman–Crippen LogP) is -0.0839. The first-order valence-electron chi connectivity index (χ1n) is 8.47. The van der Waals surface area contributed by atoms with Gasteiger partial charge in [-0.3, -0.25) is 24.1 Å². The molecule has 0 aromatic rings. The summed E-state index contributed by atoms with van der Waals surface area (Å²) in [7, 11) is 0. The molecule has 4 amide bonds. The number of rotatable bonds is 12. The first kappa shape index (κ1) is 21.4. The lowest BCUT2D eigenvalue weighted by Gasteiger charge is -2.14. The van der Waals surface area contributed by atoms with Crippen molar-refractivity contribution >= 4 is 35.4 Å². The molecule has 9 heteroatoms. The second kappa shape index (κ2) is 11.9. The van der Waals surface area contributed by atoms with Crippen LogP contribution in [0.3, 0.4) is 0 Å². The molecular formula is C16H27N3O5S. The third-order valence-corrected chi connectivity index (χ3v) is 4.60. The summed E-state index contributed by atoms with van der Waals surface area (Å²) in [5.74, 6) is -0.647. The Hall–Kier alpha value is -1.61. The summed E-state index contributed by atoms with van der Waals surface area (Å²) in [6.45, 7) is 3.57. The van der Waals surface area contributed by atoms with E-state index in [1.54, 1.807) is 6.26 Å². The minimum atomic E-state index is -0.318. The molecule has 0 saturated carbocycles. The Morgan fingerprint density at radius 1 is 1.16 bits per heavy atom. The first-order valence-corrected chi connectivity index (χ1v) is 9.76. The van der Waals surface area contributed by atoms with Crippen LogP contribution in [0.5, 0.6) is 0 Å². The Balaban J connectivity index is 2.05. The predicted molar refractivity (Wildman–Crippen MR) is 95.0 cm³/mol. The van der Waals surface area contributed by atoms with Gasteiger partial charge < -0.3 is 15.4 Å². The maximum Gasteiger partial charge on any atom is 0.242 e. The van der Waals surface area contributed by atoms with Crippen molar-refractivity contribution in [1.82, 2.24) is 15.5 Å². The number of thioether (sulfide) groups is 1. The van der Waals surface area contributed by atoms with Gasteiger partial charge in [0.15, 0.2) is 0 Å². The van der Waals surface area contributed by atoms with Gasteiger partial charge in [-0.2, -0.15) is 11.8 Å². The molecule has 0 aromatic carbocycles. The maximum atomic E-state index is 11.9. The van der Waals surface area contributed by atoms with Crippen LogP contribution in [0.15, 0.2) is 0 Å². The molecule has 0 aromatic heterocycles. The number of imide groups is 1. The van der Waals surface area contributed by atoms with Crippen molar-refractivity contribution in [2.75, 3.05) is 39.1 Å². The fourth-order valence-corrected chi connectivity index (χ4v) is 2.95. The molecule has 1 aliphatic rings. The molecule has 0 aliphatic carbocycles. The fourth-order valence-electron chi connectivity index (χ4n) is 2.32. The molecule has 1 saturated heterocycles. The van der Waals surface area contributed by atoms with E-state index in [1.807, 2.05) is 6.92 Å². The lowest BCUT2D eigenvalue weighted by molar-refractivity contribution is -0.138. The zero-order chi connectivity index (χ0) is 18.7. The van der Waals surface area contributed by atoms with E-state index in [9.17, 15) is 19.2 Å². The van der Waals surface area contributed by atoms with E-state index in [0.29, 0.717) is 32.7 Å². The lowest BCUT2D eigenvalue weighted by Crippen LogP contribution is -2.36. The molecule has 0 spiro atoms. The molecule has 2 N–H and O–H groups in total. The van der Waals surface area contributed by atoms with Gasteiger partial charge in [0.2, 0.25) is 23.6 Å². The van der Waals surface area contributed by atoms with Crippen LogP contribution in [-0.4, -0.2) is 72.9 Å². The van der Waals surface area contributed by atoms with E-state index in [-0.39, 0.29) is 48.3 Å². The quantitative estimate of drug-likeness (QED) is 0.366. The molecule has 1 fully saturated rings. The molecule has 142 valence electrons. The smallest absolute Gasteiger partial charge is 0.242 e. The third-order valence-electron chi connectivity index (χ3n) is 3.66. The van der Waals surface area contributed by atoms with Crippen molar-refractivity contribution < 1.29 is 23.9 Å². The third kappa shape index (κ3) is 7.87. The average Bonchev–Trinajstić information content (AvgIpc) is 2.86. The van der Waals surface area contributed by atoms with E-state index in [4.69, 9.17) is 4.74 Å². The molecule has 1 aliphatic heterocycles. The monoisotopic (exact) mass is 373 g/mol. The summed E-state index contributed by atoms with van der Waals surface area (Å²) >= 11 is 1.35. The minimum Gasteiger partial charge on any atom is -0.378 e. The van der Waals surface area contributed by atoms with Crippen molar-refractivity contribution in [3.8, 4) is 0 Å². The number of ether oxygens (including phenoxy) is 1. The van der Waals surface area contributed by atoms with Gasteiger partial charge in [-0.25, -0.2) is 0 Å². The Bertz CT molecular complexity index is 486. The van der Waals surface area contributed by atoms with Gasteiger partial charge in [-0.05, 0) is 12.7 Å². The summed E-state index contributed by atoms with van der Waals surface area (Å²) in [5, 5.41) is 5.09. The van der Waals surface area contributed by atoms with Gasteiger partial charge >= 0.3 is 0 Å². The molecular weight excluding hydrogens is 346 g/mol. The molecule has 8 nitrogen and oxygen atoms in total. The lowest BCUT2D eigenvalue weighted by atomic mass is 10.3. The van der Waals surface area contributed by atoms with Crippen molar-refractivity contribution in [3.63, 3.8) is 0 Å². The summed E-state index contributed by atoms with van der Waals surface area (Å²) < 4.78 is 5.30. The van der Waals surface area contributed by atoms with E-state index in [1.165, 1.54) is 11.8 Å². The van der Waals surface area contributed by atoms with Crippen LogP contribution in [0.1, 0.15) is 32.6 Å². The fraction of sp³-hybridized carbons (Fsp3) is 0.750. The SMILES string of the molecule is CCCC(=O)NCCOCCNC(=O)CCN1C(=O)CC(SC)C1=O. The van der Waals surface area contributed by atoms with E-state index >= 15 is 0 Å². The van der Waals surface area contributed by atoms with E-state index in [2.05, 4.69) is 10.6 Å². The highest BCUT2D eigenvalue weighted by molar-refractivity contribution is 8.00. The number of amides is 4. The number of nitrogens with one attached hydrogen (secondary N) is 2. The van der Waals surface area contributed by atoms with Gasteiger partial charge in [-0.1, -0.05) is 6.92 Å². The number of carbonyl (C=O) groups excluding carboxylic acids is 4. The van der Waals surface area contributed by atoms with Gasteiger partial charge in [0.25, 0.3) is 0 Å². The van der Waals surface area contributed by atoms with Crippen LogP contribution < -0.4 is 10.6 Å². The van der Waals surface area contributed by atoms with Crippen LogP contribution in [0.4, 0.5) is 0 Å². The van der Waals surface area contributed by atoms with Gasteiger partial charge in [0.1, 0.15) is 0 Å². The molecule has 1 rings (SSSR count). The van der Waals surface area contributed by atoms with Crippen LogP contribution in [0.2, 0.25) is 0 Å². The molecule has 1 unspecified atom stereocenters. The summed E-state index contributed by atoms with van der Waals surface area (Å²) in [5.41, 5.74) is 0. The molecule has 1 heterocycles. The zero-order valence-electron chi connectivity index (χ0n) is 14.8. The molecule has 0 bridgehead atoms. The average molecular weight is 373 g/mol. The molecule has 0 radical (unpaired) electrons. The van der Waals surface area contributed by atoms with Gasteiger partial charge in [0, 0.05) is 38.9 Å². The highest BCUT2D eigenvalue weighted by atomic mass is 32.2. The van der Waals surface area contributed by atoms with E-state index in [0.717, 1.165) is 11.3 Å². The Morgan fingerprint density at radius 3 is 2.28 bits per heavy atom. The summed E-state index contributed by atoms with van der Waals surface area (Å²) in [6, 6.07) is 0. The first-order chi connectivity index (χ1) is 12.0. The highest BCUT2D eigenvalue weighted by Gasteiger charge is 2.37. The zero-order valence-corrected chi connectivity index (χ0v) is 15.7. The minimum absolute atomic E-state index is 0.00845. The number of likely N-dealkylation sites (tertiary alicyclic amines) is 1. The van der Waals surface area contributed by atoms with Gasteiger partial charge in [-0.15, -0.1) is 0 Å². The Labute approximate surface area is 152 Å². The number of nitrogens with zero attached hydrogens (tertiary/aromatic N) is 1. The molecule has 25 heavy (non-hydrogen) atoms. The number of hydrogen-bond donors (Lipinski definition) is 2. The van der Waals surface area contributed by atoms with Crippen molar-refractivity contribution in [2.45, 2.75) is 37.9 Å². The standard InChI is InChI=1S/C16H27N3O5S/c1-3-4-13(20)17-6-9-24-10-7-18-14(21)5-8-19-15(22)11-12(25-2)16(19)23/h12H,3-11H2,1-2H3,(H,17,20)(H,18,21). The second-order valence-corrected chi connectivity index (χ2v) is 6.66. The number of hydrogen-bond acceptors (Lipinski definition) is 6. The normalized spacial score (nSPS) is 17.0. The van der Waals surface area contributed by atoms with Crippen molar-refractivity contribution in [3.05, 3.63) is 0 Å². The topological polar surface area (TPSA) is 105 Å². The second-order valence-electron chi connectivity index (χ2n) is 5.62. The summed E-state index contributed by atoms with van der Waals surface area (Å²) in [6.07, 6.45) is 3.41. The van der Waals surface area contributed by atoms with Crippen molar-refractivity contribution in [1.29, 1.82) is 0 Å². The van der Waals surface area contributed by atoms with Gasteiger partial charge in [0.05, 0.1) is 18.5 Å².